The number of anilines is 1. The molecule has 0 saturated heterocycles. The molecular weight excluding hydrogens is 279 g/mol. The maximum Gasteiger partial charge on any atom is 0.272 e. The molecule has 0 bridgehead atoms. The largest absolute Gasteiger partial charge is 0.436 e. The number of hydrogen-bond donors (Lipinski definition) is 1. The Labute approximate surface area is 120 Å². The summed E-state index contributed by atoms with van der Waals surface area (Å²) in [5.41, 5.74) is 0.916. The molecule has 0 unspecified atom stereocenters. The second-order valence-corrected chi connectivity index (χ2v) is 4.36. The fourth-order valence-electron chi connectivity index (χ4n) is 1.73. The molecule has 0 aliphatic rings. The van der Waals surface area contributed by atoms with Crippen LogP contribution in [0.2, 0.25) is 0 Å². The Morgan fingerprint density at radius 2 is 2.05 bits per heavy atom. The summed E-state index contributed by atoms with van der Waals surface area (Å²) in [6.07, 6.45) is 0.988. The minimum absolute atomic E-state index is 0.0149. The van der Waals surface area contributed by atoms with E-state index in [0.29, 0.717) is 16.9 Å². The quantitative estimate of drug-likeness (QED) is 0.688. The van der Waals surface area contributed by atoms with Gasteiger partial charge < -0.3 is 10.1 Å². The van der Waals surface area contributed by atoms with Gasteiger partial charge in [0.15, 0.2) is 0 Å². The number of nitrogens with zero attached hydrogens (tertiary/aromatic N) is 3. The van der Waals surface area contributed by atoms with Crippen LogP contribution in [0.15, 0.2) is 18.3 Å². The summed E-state index contributed by atoms with van der Waals surface area (Å²) in [6, 6.07) is 2.86. The van der Waals surface area contributed by atoms with Crippen LogP contribution in [0.3, 0.4) is 0 Å². The molecule has 0 aliphatic carbocycles. The van der Waals surface area contributed by atoms with Crippen molar-refractivity contribution in [2.45, 2.75) is 13.8 Å². The van der Waals surface area contributed by atoms with Gasteiger partial charge in [-0.25, -0.2) is 4.98 Å². The number of rotatable bonds is 4. The number of benzene rings is 1. The third kappa shape index (κ3) is 3.04. The van der Waals surface area contributed by atoms with Crippen molar-refractivity contribution in [3.8, 4) is 11.6 Å². The molecule has 0 saturated carbocycles. The van der Waals surface area contributed by atoms with Crippen LogP contribution in [0, 0.1) is 29.8 Å². The number of aromatic nitrogens is 2. The normalized spacial score (nSPS) is 10.3. The molecule has 2 rings (SSSR count). The Bertz CT molecular complexity index is 706. The molecule has 0 spiro atoms. The predicted molar refractivity (Wildman–Crippen MR) is 74.2 cm³/mol. The highest BCUT2D eigenvalue weighted by atomic mass is 19.1. The van der Waals surface area contributed by atoms with Gasteiger partial charge >= 0.3 is 0 Å². The van der Waals surface area contributed by atoms with E-state index in [1.54, 1.807) is 20.9 Å². The van der Waals surface area contributed by atoms with E-state index in [9.17, 15) is 14.5 Å². The van der Waals surface area contributed by atoms with Crippen LogP contribution in [0.4, 0.5) is 16.0 Å². The zero-order chi connectivity index (χ0) is 15.6. The Morgan fingerprint density at radius 3 is 2.67 bits per heavy atom. The third-order valence-corrected chi connectivity index (χ3v) is 2.83. The summed E-state index contributed by atoms with van der Waals surface area (Å²) in [5, 5.41) is 13.5. The zero-order valence-corrected chi connectivity index (χ0v) is 11.7. The lowest BCUT2D eigenvalue weighted by Gasteiger charge is -2.10. The number of nitro groups is 1. The molecule has 0 radical (unpaired) electrons. The van der Waals surface area contributed by atoms with E-state index in [1.807, 2.05) is 0 Å². The first-order valence-electron chi connectivity index (χ1n) is 6.06. The van der Waals surface area contributed by atoms with Crippen molar-refractivity contribution in [3.63, 3.8) is 0 Å². The second kappa shape index (κ2) is 5.70. The van der Waals surface area contributed by atoms with Crippen molar-refractivity contribution in [1.82, 2.24) is 9.97 Å². The van der Waals surface area contributed by atoms with Crippen LogP contribution in [-0.2, 0) is 0 Å². The summed E-state index contributed by atoms with van der Waals surface area (Å²) in [6.45, 7) is 3.22. The smallest absolute Gasteiger partial charge is 0.272 e. The van der Waals surface area contributed by atoms with Crippen LogP contribution >= 0.6 is 0 Å². The fourth-order valence-corrected chi connectivity index (χ4v) is 1.73. The lowest BCUT2D eigenvalue weighted by molar-refractivity contribution is -0.385. The molecule has 8 heteroatoms. The maximum atomic E-state index is 13.6. The molecule has 1 heterocycles. The number of ether oxygens (including phenoxy) is 1. The Morgan fingerprint density at radius 1 is 1.33 bits per heavy atom. The summed E-state index contributed by atoms with van der Waals surface area (Å²) in [4.78, 5) is 18.0. The molecule has 1 N–H and O–H groups in total. The van der Waals surface area contributed by atoms with Gasteiger partial charge in [0.05, 0.1) is 11.1 Å². The van der Waals surface area contributed by atoms with Gasteiger partial charge in [-0.2, -0.15) is 9.37 Å². The molecule has 0 fully saturated rings. The van der Waals surface area contributed by atoms with E-state index < -0.39 is 10.7 Å². The van der Waals surface area contributed by atoms with Gasteiger partial charge in [0.25, 0.3) is 11.6 Å². The maximum absolute atomic E-state index is 13.6. The Kier molecular flexibility index (Phi) is 3.97. The zero-order valence-electron chi connectivity index (χ0n) is 11.7. The summed E-state index contributed by atoms with van der Waals surface area (Å²) >= 11 is 0. The van der Waals surface area contributed by atoms with E-state index >= 15 is 0 Å². The highest BCUT2D eigenvalue weighted by Gasteiger charge is 2.16. The van der Waals surface area contributed by atoms with Crippen LogP contribution < -0.4 is 10.1 Å². The van der Waals surface area contributed by atoms with Crippen molar-refractivity contribution in [2.75, 3.05) is 12.4 Å². The first-order valence-corrected chi connectivity index (χ1v) is 6.06. The molecule has 1 aromatic carbocycles. The molecule has 0 atom stereocenters. The van der Waals surface area contributed by atoms with E-state index in [-0.39, 0.29) is 17.5 Å². The second-order valence-electron chi connectivity index (χ2n) is 4.36. The van der Waals surface area contributed by atoms with Gasteiger partial charge in [-0.3, -0.25) is 10.1 Å². The predicted octanol–water partition coefficient (Wildman–Crippen LogP) is 2.97. The number of aryl methyl sites for hydroxylation is 2. The SMILES string of the molecule is CNc1ncc(F)c(Oc2cc(C)c([N+](=O)[O-])cc2C)n1. The molecule has 2 aromatic rings. The van der Waals surface area contributed by atoms with Crippen molar-refractivity contribution >= 4 is 11.6 Å². The van der Waals surface area contributed by atoms with Gasteiger partial charge in [-0.15, -0.1) is 0 Å². The van der Waals surface area contributed by atoms with Crippen LogP contribution in [0.25, 0.3) is 0 Å². The standard InChI is InChI=1S/C13H13FN4O3/c1-7-5-11(8(2)4-10(7)18(19)20)21-12-9(14)6-16-13(15-3)17-12/h4-6H,1-3H3,(H,15,16,17). The lowest BCUT2D eigenvalue weighted by Crippen LogP contribution is -2.01. The summed E-state index contributed by atoms with van der Waals surface area (Å²) in [5.74, 6) is -0.449. The van der Waals surface area contributed by atoms with Gasteiger partial charge in [-0.05, 0) is 25.5 Å². The highest BCUT2D eigenvalue weighted by molar-refractivity contribution is 5.50. The van der Waals surface area contributed by atoms with Gasteiger partial charge in [0.1, 0.15) is 5.75 Å². The number of halogens is 1. The fraction of sp³-hybridized carbons (Fsp3) is 0.231. The highest BCUT2D eigenvalue weighted by Crippen LogP contribution is 2.31. The van der Waals surface area contributed by atoms with Crippen molar-refractivity contribution in [1.29, 1.82) is 0 Å². The van der Waals surface area contributed by atoms with Gasteiger partial charge in [0.2, 0.25) is 11.8 Å². The lowest BCUT2D eigenvalue weighted by atomic mass is 10.1. The molecule has 1 aromatic heterocycles. The monoisotopic (exact) mass is 292 g/mol. The molecule has 110 valence electrons. The van der Waals surface area contributed by atoms with E-state index in [1.165, 1.54) is 12.1 Å². The number of nitrogens with one attached hydrogen (secondary N) is 1. The van der Waals surface area contributed by atoms with Crippen LogP contribution in [0.1, 0.15) is 11.1 Å². The van der Waals surface area contributed by atoms with Crippen LogP contribution in [0.5, 0.6) is 11.6 Å². The molecule has 7 nitrogen and oxygen atoms in total. The van der Waals surface area contributed by atoms with E-state index in [4.69, 9.17) is 4.74 Å². The number of hydrogen-bond acceptors (Lipinski definition) is 6. The first kappa shape index (κ1) is 14.6. The van der Waals surface area contributed by atoms with Crippen molar-refractivity contribution in [3.05, 3.63) is 45.4 Å². The van der Waals surface area contributed by atoms with Gasteiger partial charge in [-0.1, -0.05) is 0 Å². The summed E-state index contributed by atoms with van der Waals surface area (Å²) < 4.78 is 19.1. The van der Waals surface area contributed by atoms with E-state index in [2.05, 4.69) is 15.3 Å². The molecule has 0 aliphatic heterocycles. The summed E-state index contributed by atoms with van der Waals surface area (Å²) in [7, 11) is 1.60. The molecular formula is C13H13FN4O3. The average molecular weight is 292 g/mol. The molecule has 0 amide bonds. The van der Waals surface area contributed by atoms with E-state index in [0.717, 1.165) is 6.20 Å². The Hall–Kier alpha value is -2.77. The number of nitro benzene ring substituents is 1. The van der Waals surface area contributed by atoms with Crippen molar-refractivity contribution < 1.29 is 14.1 Å². The minimum Gasteiger partial charge on any atom is -0.436 e. The van der Waals surface area contributed by atoms with Crippen molar-refractivity contribution in [2.24, 2.45) is 0 Å². The first-order chi connectivity index (χ1) is 9.92. The average Bonchev–Trinajstić information content (AvgIpc) is 2.44. The van der Waals surface area contributed by atoms with Crippen LogP contribution in [-0.4, -0.2) is 21.9 Å². The topological polar surface area (TPSA) is 90.2 Å². The molecule has 21 heavy (non-hydrogen) atoms. The minimum atomic E-state index is -0.718. The van der Waals surface area contributed by atoms with Gasteiger partial charge in [0, 0.05) is 18.7 Å². The third-order valence-electron chi connectivity index (χ3n) is 2.83. The Balaban J connectivity index is 2.40.